The van der Waals surface area contributed by atoms with Crippen LogP contribution in [0.1, 0.15) is 44.2 Å². The Morgan fingerprint density at radius 1 is 1.13 bits per heavy atom. The first-order valence-corrected chi connectivity index (χ1v) is 10.4. The summed E-state index contributed by atoms with van der Waals surface area (Å²) >= 11 is 1.20. The van der Waals surface area contributed by atoms with Crippen LogP contribution in [0.3, 0.4) is 0 Å². The number of thiophene rings is 1. The highest BCUT2D eigenvalue weighted by Crippen LogP contribution is 2.28. The van der Waals surface area contributed by atoms with Gasteiger partial charge in [-0.3, -0.25) is 14.4 Å². The van der Waals surface area contributed by atoms with Crippen LogP contribution >= 0.6 is 11.3 Å². The Bertz CT molecular complexity index is 1090. The van der Waals surface area contributed by atoms with Crippen molar-refractivity contribution in [2.24, 2.45) is 0 Å². The summed E-state index contributed by atoms with van der Waals surface area (Å²) in [6, 6.07) is 12.5. The number of hydrogen-bond donors (Lipinski definition) is 2. The average molecular weight is 423 g/mol. The molecule has 0 unspecified atom stereocenters. The molecule has 0 saturated carbocycles. The number of furan rings is 1. The van der Waals surface area contributed by atoms with Gasteiger partial charge in [0, 0.05) is 25.2 Å². The SMILES string of the molecule is Cc1cc(NC(=O)c2ccco2)sc1C(=O)Nc1cccc(CN2CCCC2=O)c1. The fourth-order valence-electron chi connectivity index (χ4n) is 3.38. The van der Waals surface area contributed by atoms with Crippen LogP contribution in [-0.4, -0.2) is 29.2 Å². The Kier molecular flexibility index (Phi) is 5.67. The van der Waals surface area contributed by atoms with E-state index in [0.717, 1.165) is 24.1 Å². The minimum atomic E-state index is -0.364. The van der Waals surface area contributed by atoms with Gasteiger partial charge in [0.2, 0.25) is 5.91 Å². The molecule has 0 spiro atoms. The van der Waals surface area contributed by atoms with Crippen molar-refractivity contribution < 1.29 is 18.8 Å². The number of amides is 3. The van der Waals surface area contributed by atoms with Crippen molar-refractivity contribution in [3.63, 3.8) is 0 Å². The van der Waals surface area contributed by atoms with Gasteiger partial charge < -0.3 is 20.0 Å². The van der Waals surface area contributed by atoms with Crippen LogP contribution in [0.25, 0.3) is 0 Å². The van der Waals surface area contributed by atoms with Gasteiger partial charge in [-0.15, -0.1) is 11.3 Å². The van der Waals surface area contributed by atoms with E-state index in [4.69, 9.17) is 4.42 Å². The standard InChI is InChI=1S/C22H21N3O4S/c1-14-11-18(24-21(27)17-7-4-10-29-17)30-20(14)22(28)23-16-6-2-5-15(12-16)13-25-9-3-8-19(25)26/h2,4-7,10-12H,3,8-9,13H2,1H3,(H,23,28)(H,24,27). The Labute approximate surface area is 177 Å². The molecular weight excluding hydrogens is 402 g/mol. The van der Waals surface area contributed by atoms with Gasteiger partial charge in [-0.25, -0.2) is 0 Å². The van der Waals surface area contributed by atoms with Gasteiger partial charge in [-0.05, 0) is 54.8 Å². The van der Waals surface area contributed by atoms with Crippen LogP contribution in [0.15, 0.2) is 53.1 Å². The zero-order valence-electron chi connectivity index (χ0n) is 16.4. The lowest BCUT2D eigenvalue weighted by Gasteiger charge is -2.16. The lowest BCUT2D eigenvalue weighted by atomic mass is 10.2. The molecule has 2 N–H and O–H groups in total. The molecule has 154 valence electrons. The number of anilines is 2. The van der Waals surface area contributed by atoms with Crippen LogP contribution < -0.4 is 10.6 Å². The van der Waals surface area contributed by atoms with Crippen LogP contribution in [0.4, 0.5) is 10.7 Å². The molecular formula is C22H21N3O4S. The fourth-order valence-corrected chi connectivity index (χ4v) is 4.34. The van der Waals surface area contributed by atoms with E-state index in [1.165, 1.54) is 17.6 Å². The van der Waals surface area contributed by atoms with Gasteiger partial charge in [0.05, 0.1) is 16.1 Å². The number of nitrogens with zero attached hydrogens (tertiary/aromatic N) is 1. The summed E-state index contributed by atoms with van der Waals surface area (Å²) in [5.74, 6) is -0.231. The van der Waals surface area contributed by atoms with Crippen molar-refractivity contribution in [1.29, 1.82) is 0 Å². The molecule has 0 radical (unpaired) electrons. The number of aryl methyl sites for hydroxylation is 1. The number of carbonyl (C=O) groups is 3. The highest BCUT2D eigenvalue weighted by atomic mass is 32.1. The van der Waals surface area contributed by atoms with Crippen molar-refractivity contribution in [3.05, 3.63) is 70.5 Å². The predicted octanol–water partition coefficient (Wildman–Crippen LogP) is 4.28. The summed E-state index contributed by atoms with van der Waals surface area (Å²) in [6.45, 7) is 3.14. The highest BCUT2D eigenvalue weighted by molar-refractivity contribution is 7.18. The van der Waals surface area contributed by atoms with Crippen LogP contribution in [-0.2, 0) is 11.3 Å². The van der Waals surface area contributed by atoms with Crippen molar-refractivity contribution in [2.75, 3.05) is 17.2 Å². The quantitative estimate of drug-likeness (QED) is 0.619. The number of nitrogens with one attached hydrogen (secondary N) is 2. The maximum absolute atomic E-state index is 12.8. The molecule has 1 aliphatic rings. The van der Waals surface area contributed by atoms with Crippen LogP contribution in [0.5, 0.6) is 0 Å². The third-order valence-electron chi connectivity index (χ3n) is 4.84. The number of likely N-dealkylation sites (tertiary alicyclic amines) is 1. The molecule has 30 heavy (non-hydrogen) atoms. The van der Waals surface area contributed by atoms with E-state index in [1.807, 2.05) is 36.1 Å². The van der Waals surface area contributed by atoms with Gasteiger partial charge in [0.1, 0.15) is 0 Å². The monoisotopic (exact) mass is 423 g/mol. The average Bonchev–Trinajstić information content (AvgIpc) is 3.45. The van der Waals surface area contributed by atoms with E-state index in [2.05, 4.69) is 10.6 Å². The second-order valence-corrected chi connectivity index (χ2v) is 8.18. The Morgan fingerprint density at radius 2 is 2.00 bits per heavy atom. The van der Waals surface area contributed by atoms with Gasteiger partial charge in [-0.2, -0.15) is 0 Å². The number of carbonyl (C=O) groups excluding carboxylic acids is 3. The molecule has 8 heteroatoms. The molecule has 1 saturated heterocycles. The third kappa shape index (κ3) is 4.44. The molecule has 0 atom stereocenters. The topological polar surface area (TPSA) is 91.7 Å². The van der Waals surface area contributed by atoms with Crippen LogP contribution in [0, 0.1) is 6.92 Å². The molecule has 0 aliphatic carbocycles. The highest BCUT2D eigenvalue weighted by Gasteiger charge is 2.20. The maximum Gasteiger partial charge on any atom is 0.291 e. The number of benzene rings is 1. The molecule has 0 bridgehead atoms. The van der Waals surface area contributed by atoms with E-state index < -0.39 is 0 Å². The normalized spacial score (nSPS) is 13.5. The minimum absolute atomic E-state index is 0.169. The smallest absolute Gasteiger partial charge is 0.291 e. The maximum atomic E-state index is 12.8. The number of hydrogen-bond acceptors (Lipinski definition) is 5. The summed E-state index contributed by atoms with van der Waals surface area (Å²) in [6.07, 6.45) is 2.93. The molecule has 1 fully saturated rings. The lowest BCUT2D eigenvalue weighted by molar-refractivity contribution is -0.128. The first-order valence-electron chi connectivity index (χ1n) is 9.63. The molecule has 1 aliphatic heterocycles. The lowest BCUT2D eigenvalue weighted by Crippen LogP contribution is -2.23. The zero-order valence-corrected chi connectivity index (χ0v) is 17.3. The Hall–Kier alpha value is -3.39. The number of rotatable bonds is 6. The van der Waals surface area contributed by atoms with E-state index in [0.29, 0.717) is 28.5 Å². The first-order chi connectivity index (χ1) is 14.5. The van der Waals surface area contributed by atoms with Crippen molar-refractivity contribution in [1.82, 2.24) is 4.90 Å². The van der Waals surface area contributed by atoms with Crippen molar-refractivity contribution >= 4 is 39.7 Å². The Balaban J connectivity index is 1.42. The molecule has 3 aromatic rings. The van der Waals surface area contributed by atoms with Crippen molar-refractivity contribution in [3.8, 4) is 0 Å². The third-order valence-corrected chi connectivity index (χ3v) is 5.99. The molecule has 7 nitrogen and oxygen atoms in total. The summed E-state index contributed by atoms with van der Waals surface area (Å²) in [5, 5.41) is 6.22. The van der Waals surface area contributed by atoms with E-state index in [9.17, 15) is 14.4 Å². The van der Waals surface area contributed by atoms with Gasteiger partial charge in [0.15, 0.2) is 5.76 Å². The second-order valence-electron chi connectivity index (χ2n) is 7.13. The fraction of sp³-hybridized carbons (Fsp3) is 0.227. The molecule has 3 heterocycles. The minimum Gasteiger partial charge on any atom is -0.459 e. The van der Waals surface area contributed by atoms with Gasteiger partial charge in [-0.1, -0.05) is 12.1 Å². The molecule has 4 rings (SSSR count). The molecule has 3 amide bonds. The molecule has 1 aromatic carbocycles. The van der Waals surface area contributed by atoms with E-state index in [1.54, 1.807) is 18.2 Å². The van der Waals surface area contributed by atoms with Crippen LogP contribution in [0.2, 0.25) is 0 Å². The predicted molar refractivity (Wildman–Crippen MR) is 115 cm³/mol. The largest absolute Gasteiger partial charge is 0.459 e. The zero-order chi connectivity index (χ0) is 21.1. The first kappa shape index (κ1) is 19.9. The second kappa shape index (κ2) is 8.54. The van der Waals surface area contributed by atoms with Gasteiger partial charge >= 0.3 is 0 Å². The Morgan fingerprint density at radius 3 is 2.73 bits per heavy atom. The van der Waals surface area contributed by atoms with Crippen molar-refractivity contribution in [2.45, 2.75) is 26.3 Å². The van der Waals surface area contributed by atoms with E-state index >= 15 is 0 Å². The summed E-state index contributed by atoms with van der Waals surface area (Å²) in [4.78, 5) is 39.1. The van der Waals surface area contributed by atoms with Gasteiger partial charge in [0.25, 0.3) is 11.8 Å². The summed E-state index contributed by atoms with van der Waals surface area (Å²) in [5.41, 5.74) is 2.40. The molecule has 2 aromatic heterocycles. The summed E-state index contributed by atoms with van der Waals surface area (Å²) in [7, 11) is 0. The van der Waals surface area contributed by atoms with E-state index in [-0.39, 0.29) is 23.5 Å². The summed E-state index contributed by atoms with van der Waals surface area (Å²) < 4.78 is 5.09.